The lowest BCUT2D eigenvalue weighted by atomic mass is 10.1. The van der Waals surface area contributed by atoms with Crippen molar-refractivity contribution in [2.24, 2.45) is 5.73 Å². The highest BCUT2D eigenvalue weighted by Gasteiger charge is 2.28. The van der Waals surface area contributed by atoms with Crippen LogP contribution in [0.2, 0.25) is 0 Å². The van der Waals surface area contributed by atoms with Crippen LogP contribution in [0.4, 0.5) is 0 Å². The van der Waals surface area contributed by atoms with E-state index < -0.39 is 6.04 Å². The molecule has 1 aliphatic rings. The second-order valence-corrected chi connectivity index (χ2v) is 5.69. The molecule has 0 amide bonds. The van der Waals surface area contributed by atoms with Gasteiger partial charge in [-0.25, -0.2) is 0 Å². The maximum atomic E-state index is 11.7. The third kappa shape index (κ3) is 4.47. The molecule has 1 saturated carbocycles. The molecule has 1 aliphatic carbocycles. The van der Waals surface area contributed by atoms with E-state index in [-0.39, 0.29) is 17.8 Å². The number of benzene rings is 2. The summed E-state index contributed by atoms with van der Waals surface area (Å²) in [5.41, 5.74) is 6.82. The van der Waals surface area contributed by atoms with Gasteiger partial charge in [0.05, 0.1) is 0 Å². The Morgan fingerprint density at radius 2 is 1.65 bits per heavy atom. The largest absolute Gasteiger partial charge is 0.508 e. The highest BCUT2D eigenvalue weighted by atomic mass is 16.5. The normalized spacial score (nSPS) is 15.0. The molecule has 0 aliphatic heterocycles. The van der Waals surface area contributed by atoms with E-state index in [0.29, 0.717) is 17.9 Å². The lowest BCUT2D eigenvalue weighted by molar-refractivity contribution is -0.146. The van der Waals surface area contributed by atoms with E-state index in [1.165, 1.54) is 0 Å². The number of phenols is 1. The maximum Gasteiger partial charge on any atom is 0.323 e. The van der Waals surface area contributed by atoms with Crippen molar-refractivity contribution in [1.29, 1.82) is 0 Å². The van der Waals surface area contributed by atoms with Crippen LogP contribution in [-0.2, 0) is 16.0 Å². The van der Waals surface area contributed by atoms with Gasteiger partial charge < -0.3 is 20.3 Å². The topological polar surface area (TPSA) is 81.8 Å². The van der Waals surface area contributed by atoms with Gasteiger partial charge >= 0.3 is 5.97 Å². The lowest BCUT2D eigenvalue weighted by Gasteiger charge is -2.12. The molecule has 0 radical (unpaired) electrons. The zero-order valence-electron chi connectivity index (χ0n) is 12.6. The number of carbonyl (C=O) groups is 1. The first-order valence-electron chi connectivity index (χ1n) is 7.62. The van der Waals surface area contributed by atoms with Crippen LogP contribution in [0.5, 0.6) is 17.2 Å². The van der Waals surface area contributed by atoms with Crippen molar-refractivity contribution in [3.8, 4) is 17.2 Å². The second-order valence-electron chi connectivity index (χ2n) is 5.69. The summed E-state index contributed by atoms with van der Waals surface area (Å²) in [5.74, 6) is 1.17. The van der Waals surface area contributed by atoms with Gasteiger partial charge in [0, 0.05) is 0 Å². The predicted molar refractivity (Wildman–Crippen MR) is 85.4 cm³/mol. The van der Waals surface area contributed by atoms with Crippen LogP contribution in [0.25, 0.3) is 0 Å². The van der Waals surface area contributed by atoms with Gasteiger partial charge in [-0.05, 0) is 61.2 Å². The molecule has 1 atom stereocenters. The minimum Gasteiger partial charge on any atom is -0.508 e. The van der Waals surface area contributed by atoms with Gasteiger partial charge in [0.25, 0.3) is 0 Å². The van der Waals surface area contributed by atoms with Crippen molar-refractivity contribution in [2.45, 2.75) is 31.4 Å². The van der Waals surface area contributed by atoms with Gasteiger partial charge in [-0.3, -0.25) is 4.79 Å². The highest BCUT2D eigenvalue weighted by Crippen LogP contribution is 2.25. The number of hydrogen-bond donors (Lipinski definition) is 2. The van der Waals surface area contributed by atoms with Gasteiger partial charge in [0.15, 0.2) is 0 Å². The van der Waals surface area contributed by atoms with Crippen molar-refractivity contribution in [2.75, 3.05) is 0 Å². The van der Waals surface area contributed by atoms with E-state index >= 15 is 0 Å². The van der Waals surface area contributed by atoms with E-state index in [2.05, 4.69) is 0 Å². The molecule has 3 rings (SSSR count). The van der Waals surface area contributed by atoms with E-state index in [4.69, 9.17) is 15.2 Å². The van der Waals surface area contributed by atoms with Crippen LogP contribution in [0.1, 0.15) is 18.4 Å². The van der Waals surface area contributed by atoms with Gasteiger partial charge in [0.1, 0.15) is 29.4 Å². The van der Waals surface area contributed by atoms with Crippen LogP contribution in [0.3, 0.4) is 0 Å². The summed E-state index contributed by atoms with van der Waals surface area (Å²) in [5, 5.41) is 9.24. The zero-order chi connectivity index (χ0) is 16.2. The summed E-state index contributed by atoms with van der Waals surface area (Å²) >= 11 is 0. The average Bonchev–Trinajstić information content (AvgIpc) is 3.35. The summed E-state index contributed by atoms with van der Waals surface area (Å²) in [6.07, 6.45) is 2.41. The number of phenolic OH excluding ortho intramolecular Hbond substituents is 1. The Hall–Kier alpha value is -2.53. The van der Waals surface area contributed by atoms with Crippen LogP contribution >= 0.6 is 0 Å². The molecule has 0 heterocycles. The van der Waals surface area contributed by atoms with E-state index in [9.17, 15) is 9.90 Å². The molecular formula is C18H19NO4. The van der Waals surface area contributed by atoms with Crippen LogP contribution in [0, 0.1) is 0 Å². The second kappa shape index (κ2) is 6.71. The molecule has 5 heteroatoms. The Labute approximate surface area is 134 Å². The van der Waals surface area contributed by atoms with E-state index in [0.717, 1.165) is 18.4 Å². The van der Waals surface area contributed by atoms with Gasteiger partial charge in [-0.15, -0.1) is 0 Å². The minimum absolute atomic E-state index is 0.0784. The number of esters is 1. The standard InChI is InChI=1S/C18H19NO4/c19-17(18(21)23-16-9-10-16)11-12-1-5-14(6-2-12)22-15-7-3-13(20)4-8-15/h1-8,16-17,20H,9-11,19H2/t17-/m0/s1. The van der Waals surface area contributed by atoms with Gasteiger partial charge in [0.2, 0.25) is 0 Å². The first kappa shape index (κ1) is 15.4. The Balaban J connectivity index is 1.55. The molecule has 2 aromatic rings. The van der Waals surface area contributed by atoms with E-state index in [1.54, 1.807) is 24.3 Å². The average molecular weight is 313 g/mol. The summed E-state index contributed by atoms with van der Waals surface area (Å²) in [6.45, 7) is 0. The molecule has 1 fully saturated rings. The fraction of sp³-hybridized carbons (Fsp3) is 0.278. The number of nitrogens with two attached hydrogens (primary N) is 1. The quantitative estimate of drug-likeness (QED) is 0.801. The monoisotopic (exact) mass is 313 g/mol. The zero-order valence-corrected chi connectivity index (χ0v) is 12.6. The third-order valence-electron chi connectivity index (χ3n) is 3.56. The molecule has 0 bridgehead atoms. The van der Waals surface area contributed by atoms with Crippen LogP contribution in [-0.4, -0.2) is 23.2 Å². The summed E-state index contributed by atoms with van der Waals surface area (Å²) in [6, 6.07) is 13.3. The molecule has 5 nitrogen and oxygen atoms in total. The Morgan fingerprint density at radius 1 is 1.09 bits per heavy atom. The van der Waals surface area contributed by atoms with Crippen LogP contribution in [0.15, 0.2) is 48.5 Å². The number of aromatic hydroxyl groups is 1. The summed E-state index contributed by atoms with van der Waals surface area (Å²) in [7, 11) is 0. The Kier molecular flexibility index (Phi) is 4.48. The van der Waals surface area contributed by atoms with Crippen molar-refractivity contribution < 1.29 is 19.4 Å². The molecular weight excluding hydrogens is 294 g/mol. The summed E-state index contributed by atoms with van der Waals surface area (Å²) in [4.78, 5) is 11.7. The Morgan fingerprint density at radius 3 is 2.22 bits per heavy atom. The first-order chi connectivity index (χ1) is 11.1. The molecule has 0 unspecified atom stereocenters. The van der Waals surface area contributed by atoms with Crippen molar-refractivity contribution in [3.63, 3.8) is 0 Å². The smallest absolute Gasteiger partial charge is 0.323 e. The van der Waals surface area contributed by atoms with Crippen molar-refractivity contribution >= 4 is 5.97 Å². The molecule has 120 valence electrons. The van der Waals surface area contributed by atoms with Gasteiger partial charge in [-0.1, -0.05) is 12.1 Å². The minimum atomic E-state index is -0.639. The summed E-state index contributed by atoms with van der Waals surface area (Å²) < 4.78 is 10.9. The fourth-order valence-corrected chi connectivity index (χ4v) is 2.12. The molecule has 23 heavy (non-hydrogen) atoms. The number of ether oxygens (including phenoxy) is 2. The SMILES string of the molecule is N[C@@H](Cc1ccc(Oc2ccc(O)cc2)cc1)C(=O)OC1CC1. The number of carbonyl (C=O) groups excluding carboxylic acids is 1. The Bertz CT molecular complexity index is 662. The third-order valence-corrected chi connectivity index (χ3v) is 3.56. The number of hydrogen-bond acceptors (Lipinski definition) is 5. The lowest BCUT2D eigenvalue weighted by Crippen LogP contribution is -2.34. The van der Waals surface area contributed by atoms with Crippen LogP contribution < -0.4 is 10.5 Å². The van der Waals surface area contributed by atoms with Crippen molar-refractivity contribution in [3.05, 3.63) is 54.1 Å². The highest BCUT2D eigenvalue weighted by molar-refractivity contribution is 5.76. The predicted octanol–water partition coefficient (Wildman–Crippen LogP) is 2.76. The fourth-order valence-electron chi connectivity index (χ4n) is 2.12. The molecule has 3 N–H and O–H groups in total. The maximum absolute atomic E-state index is 11.7. The molecule has 0 saturated heterocycles. The molecule has 0 aromatic heterocycles. The van der Waals surface area contributed by atoms with E-state index in [1.807, 2.05) is 24.3 Å². The van der Waals surface area contributed by atoms with Crippen molar-refractivity contribution in [1.82, 2.24) is 0 Å². The van der Waals surface area contributed by atoms with Gasteiger partial charge in [-0.2, -0.15) is 0 Å². The first-order valence-corrected chi connectivity index (χ1v) is 7.62. The molecule has 2 aromatic carbocycles. The molecule has 0 spiro atoms. The number of rotatable bonds is 6.